The molecule has 3 heteroatoms. The van der Waals surface area contributed by atoms with Crippen molar-refractivity contribution in [3.05, 3.63) is 30.3 Å². The lowest BCUT2D eigenvalue weighted by atomic mass is 9.88. The summed E-state index contributed by atoms with van der Waals surface area (Å²) in [6.45, 7) is 5.25. The van der Waals surface area contributed by atoms with Crippen molar-refractivity contribution >= 4 is 5.69 Å². The average molecular weight is 229 g/mol. The van der Waals surface area contributed by atoms with Gasteiger partial charge in [0.2, 0.25) is 0 Å². The molecule has 1 N–H and O–H groups in total. The van der Waals surface area contributed by atoms with Crippen molar-refractivity contribution in [1.82, 2.24) is 4.90 Å². The zero-order valence-electron chi connectivity index (χ0n) is 10.3. The molecule has 0 radical (unpaired) electrons. The SMILES string of the molecule is CCN1CCC(C#N)(Nc2ccccc2)CC1. The maximum absolute atomic E-state index is 9.43. The summed E-state index contributed by atoms with van der Waals surface area (Å²) in [5.41, 5.74) is 0.659. The molecule has 0 unspecified atom stereocenters. The van der Waals surface area contributed by atoms with Gasteiger partial charge in [-0.05, 0) is 31.5 Å². The van der Waals surface area contributed by atoms with Gasteiger partial charge in [-0.1, -0.05) is 25.1 Å². The Morgan fingerprint density at radius 2 is 1.94 bits per heavy atom. The molecule has 1 aliphatic heterocycles. The zero-order chi connectivity index (χ0) is 12.1. The number of anilines is 1. The summed E-state index contributed by atoms with van der Waals surface area (Å²) in [5.74, 6) is 0. The third-order valence-corrected chi connectivity index (χ3v) is 3.53. The van der Waals surface area contributed by atoms with E-state index in [-0.39, 0.29) is 5.54 Å². The Balaban J connectivity index is 2.05. The normalized spacial score (nSPS) is 19.5. The number of para-hydroxylation sites is 1. The van der Waals surface area contributed by atoms with Crippen LogP contribution in [0.25, 0.3) is 0 Å². The third-order valence-electron chi connectivity index (χ3n) is 3.53. The largest absolute Gasteiger partial charge is 0.367 e. The van der Waals surface area contributed by atoms with Gasteiger partial charge in [0.15, 0.2) is 0 Å². The van der Waals surface area contributed by atoms with Crippen LogP contribution in [0, 0.1) is 11.3 Å². The number of rotatable bonds is 3. The number of benzene rings is 1. The Morgan fingerprint density at radius 1 is 1.29 bits per heavy atom. The lowest BCUT2D eigenvalue weighted by Crippen LogP contribution is -2.48. The Morgan fingerprint density at radius 3 is 2.47 bits per heavy atom. The van der Waals surface area contributed by atoms with E-state index >= 15 is 0 Å². The highest BCUT2D eigenvalue weighted by Gasteiger charge is 2.34. The van der Waals surface area contributed by atoms with Crippen molar-refractivity contribution in [2.75, 3.05) is 25.0 Å². The van der Waals surface area contributed by atoms with Gasteiger partial charge in [-0.3, -0.25) is 0 Å². The lowest BCUT2D eigenvalue weighted by Gasteiger charge is -2.37. The van der Waals surface area contributed by atoms with Gasteiger partial charge in [-0.2, -0.15) is 5.26 Å². The van der Waals surface area contributed by atoms with Gasteiger partial charge in [0.1, 0.15) is 5.54 Å². The van der Waals surface area contributed by atoms with Crippen LogP contribution in [0.5, 0.6) is 0 Å². The molecule has 0 atom stereocenters. The molecule has 1 aromatic rings. The molecule has 1 saturated heterocycles. The van der Waals surface area contributed by atoms with Crippen LogP contribution < -0.4 is 5.32 Å². The first-order valence-corrected chi connectivity index (χ1v) is 6.25. The van der Waals surface area contributed by atoms with Crippen LogP contribution in [0.4, 0.5) is 5.69 Å². The third kappa shape index (κ3) is 2.78. The molecule has 3 nitrogen and oxygen atoms in total. The minimum atomic E-state index is -0.382. The number of hydrogen-bond acceptors (Lipinski definition) is 3. The van der Waals surface area contributed by atoms with Crippen molar-refractivity contribution in [3.8, 4) is 6.07 Å². The van der Waals surface area contributed by atoms with Gasteiger partial charge < -0.3 is 10.2 Å². The number of piperidine rings is 1. The maximum atomic E-state index is 9.43. The minimum absolute atomic E-state index is 0.382. The van der Waals surface area contributed by atoms with Crippen LogP contribution in [-0.2, 0) is 0 Å². The monoisotopic (exact) mass is 229 g/mol. The van der Waals surface area contributed by atoms with Gasteiger partial charge in [0.25, 0.3) is 0 Å². The minimum Gasteiger partial charge on any atom is -0.367 e. The van der Waals surface area contributed by atoms with Crippen LogP contribution >= 0.6 is 0 Å². The van der Waals surface area contributed by atoms with Crippen LogP contribution in [-0.4, -0.2) is 30.1 Å². The second-order valence-electron chi connectivity index (χ2n) is 4.62. The number of nitrogens with zero attached hydrogens (tertiary/aromatic N) is 2. The number of nitrogens with one attached hydrogen (secondary N) is 1. The van der Waals surface area contributed by atoms with Gasteiger partial charge >= 0.3 is 0 Å². The predicted molar refractivity (Wildman–Crippen MR) is 69.8 cm³/mol. The Bertz CT molecular complexity index is 386. The van der Waals surface area contributed by atoms with Crippen molar-refractivity contribution < 1.29 is 0 Å². The molecule has 0 amide bonds. The fraction of sp³-hybridized carbons (Fsp3) is 0.500. The van der Waals surface area contributed by atoms with E-state index < -0.39 is 0 Å². The molecule has 17 heavy (non-hydrogen) atoms. The van der Waals surface area contributed by atoms with Crippen LogP contribution in [0.2, 0.25) is 0 Å². The highest BCUT2D eigenvalue weighted by Crippen LogP contribution is 2.26. The second kappa shape index (κ2) is 5.20. The Hall–Kier alpha value is -1.53. The van der Waals surface area contributed by atoms with E-state index in [1.165, 1.54) is 0 Å². The summed E-state index contributed by atoms with van der Waals surface area (Å²) in [6.07, 6.45) is 1.79. The molecule has 0 aromatic heterocycles. The number of hydrogen-bond donors (Lipinski definition) is 1. The second-order valence-corrected chi connectivity index (χ2v) is 4.62. The molecular weight excluding hydrogens is 210 g/mol. The first-order chi connectivity index (χ1) is 8.28. The van der Waals surface area contributed by atoms with E-state index in [2.05, 4.69) is 23.2 Å². The quantitative estimate of drug-likeness (QED) is 0.865. The Kier molecular flexibility index (Phi) is 3.65. The van der Waals surface area contributed by atoms with E-state index in [1.54, 1.807) is 0 Å². The van der Waals surface area contributed by atoms with Gasteiger partial charge in [0.05, 0.1) is 6.07 Å². The standard InChI is InChI=1S/C14H19N3/c1-2-17-10-8-14(12-15,9-11-17)16-13-6-4-3-5-7-13/h3-7,16H,2,8-11H2,1H3. The maximum Gasteiger partial charge on any atom is 0.127 e. The summed E-state index contributed by atoms with van der Waals surface area (Å²) < 4.78 is 0. The fourth-order valence-corrected chi connectivity index (χ4v) is 2.31. The van der Waals surface area contributed by atoms with Crippen molar-refractivity contribution in [2.24, 2.45) is 0 Å². The molecule has 0 saturated carbocycles. The van der Waals surface area contributed by atoms with E-state index in [1.807, 2.05) is 30.3 Å². The molecular formula is C14H19N3. The summed E-state index contributed by atoms with van der Waals surface area (Å²) in [6, 6.07) is 12.5. The Labute approximate surface area is 103 Å². The molecule has 0 bridgehead atoms. The highest BCUT2D eigenvalue weighted by atomic mass is 15.1. The first kappa shape index (κ1) is 11.9. The van der Waals surface area contributed by atoms with Crippen molar-refractivity contribution in [1.29, 1.82) is 5.26 Å². The summed E-state index contributed by atoms with van der Waals surface area (Å²) in [5, 5.41) is 12.8. The van der Waals surface area contributed by atoms with Gasteiger partial charge in [0, 0.05) is 18.8 Å². The molecule has 0 spiro atoms. The predicted octanol–water partition coefficient (Wildman–Crippen LogP) is 2.48. The summed E-state index contributed by atoms with van der Waals surface area (Å²) in [4.78, 5) is 2.39. The molecule has 0 aliphatic carbocycles. The smallest absolute Gasteiger partial charge is 0.127 e. The van der Waals surface area contributed by atoms with Gasteiger partial charge in [-0.15, -0.1) is 0 Å². The zero-order valence-corrected chi connectivity index (χ0v) is 10.3. The van der Waals surface area contributed by atoms with E-state index in [0.29, 0.717) is 0 Å². The van der Waals surface area contributed by atoms with Crippen molar-refractivity contribution in [3.63, 3.8) is 0 Å². The van der Waals surface area contributed by atoms with Crippen molar-refractivity contribution in [2.45, 2.75) is 25.3 Å². The molecule has 1 fully saturated rings. The number of nitriles is 1. The molecule has 90 valence electrons. The van der Waals surface area contributed by atoms with Crippen LogP contribution in [0.15, 0.2) is 30.3 Å². The molecule has 1 heterocycles. The topological polar surface area (TPSA) is 39.1 Å². The van der Waals surface area contributed by atoms with Crippen LogP contribution in [0.1, 0.15) is 19.8 Å². The molecule has 1 aliphatic rings. The lowest BCUT2D eigenvalue weighted by molar-refractivity contribution is 0.206. The molecule has 1 aromatic carbocycles. The van der Waals surface area contributed by atoms with Gasteiger partial charge in [-0.25, -0.2) is 0 Å². The van der Waals surface area contributed by atoms with Crippen LogP contribution in [0.3, 0.4) is 0 Å². The van der Waals surface area contributed by atoms with E-state index in [0.717, 1.165) is 38.2 Å². The first-order valence-electron chi connectivity index (χ1n) is 6.25. The summed E-state index contributed by atoms with van der Waals surface area (Å²) in [7, 11) is 0. The number of likely N-dealkylation sites (tertiary alicyclic amines) is 1. The molecule has 2 rings (SSSR count). The highest BCUT2D eigenvalue weighted by molar-refractivity contribution is 5.47. The van der Waals surface area contributed by atoms with E-state index in [9.17, 15) is 5.26 Å². The average Bonchev–Trinajstić information content (AvgIpc) is 2.41. The van der Waals surface area contributed by atoms with E-state index in [4.69, 9.17) is 0 Å². The summed E-state index contributed by atoms with van der Waals surface area (Å²) >= 11 is 0. The fourth-order valence-electron chi connectivity index (χ4n) is 2.31.